The fraction of sp³-hybridized carbons (Fsp3) is 0.0435. The number of nitrogens with zero attached hydrogens (tertiary/aromatic N) is 4. The van der Waals surface area contributed by atoms with Gasteiger partial charge in [-0.1, -0.05) is 54.6 Å². The number of carbonyl (C=O) groups excluding carboxylic acids is 1. The van der Waals surface area contributed by atoms with E-state index in [0.717, 1.165) is 16.5 Å². The van der Waals surface area contributed by atoms with Gasteiger partial charge in [0.25, 0.3) is 5.56 Å². The Hall–Kier alpha value is -4.26. The lowest BCUT2D eigenvalue weighted by molar-refractivity contribution is -0.116. The number of nitrogens with one attached hydrogen (secondary N) is 1. The second-order valence-corrected chi connectivity index (χ2v) is 6.88. The molecular weight excluding hydrogens is 378 g/mol. The standard InChI is InChI=1S/C23H17N5O2/c29-21(26-20-12-6-8-16-7-4-5-11-18(16)20)14-27-15-24-22-19(23(27)30)13-25-28(22)17-9-2-1-3-10-17/h1-13,15H,14H2,(H,26,29). The molecule has 0 bridgehead atoms. The largest absolute Gasteiger partial charge is 0.324 e. The molecule has 0 saturated carbocycles. The van der Waals surface area contributed by atoms with Gasteiger partial charge in [0, 0.05) is 11.1 Å². The molecule has 5 rings (SSSR count). The van der Waals surface area contributed by atoms with E-state index in [1.165, 1.54) is 17.1 Å². The highest BCUT2D eigenvalue weighted by molar-refractivity contribution is 6.02. The van der Waals surface area contributed by atoms with Crippen molar-refractivity contribution in [2.45, 2.75) is 6.54 Å². The second-order valence-electron chi connectivity index (χ2n) is 6.88. The van der Waals surface area contributed by atoms with Gasteiger partial charge >= 0.3 is 0 Å². The Balaban J connectivity index is 1.43. The number of para-hydroxylation sites is 1. The number of carbonyl (C=O) groups is 1. The molecule has 0 spiro atoms. The first-order chi connectivity index (χ1) is 14.7. The van der Waals surface area contributed by atoms with Crippen LogP contribution in [0.25, 0.3) is 27.5 Å². The first kappa shape index (κ1) is 17.8. The summed E-state index contributed by atoms with van der Waals surface area (Å²) in [6, 6.07) is 23.0. The molecule has 7 nitrogen and oxygen atoms in total. The molecule has 2 aromatic heterocycles. The lowest BCUT2D eigenvalue weighted by Crippen LogP contribution is -2.27. The molecule has 30 heavy (non-hydrogen) atoms. The van der Waals surface area contributed by atoms with Crippen LogP contribution in [0.2, 0.25) is 0 Å². The number of aromatic nitrogens is 4. The minimum absolute atomic E-state index is 0.137. The maximum absolute atomic E-state index is 12.9. The van der Waals surface area contributed by atoms with Crippen LogP contribution in [0.4, 0.5) is 5.69 Å². The van der Waals surface area contributed by atoms with E-state index in [-0.39, 0.29) is 18.0 Å². The second kappa shape index (κ2) is 7.29. The predicted octanol–water partition coefficient (Wildman–Crippen LogP) is 3.37. The van der Waals surface area contributed by atoms with Crippen molar-refractivity contribution in [2.75, 3.05) is 5.32 Å². The Morgan fingerprint density at radius 1 is 0.900 bits per heavy atom. The zero-order valence-corrected chi connectivity index (χ0v) is 15.9. The third-order valence-electron chi connectivity index (χ3n) is 4.93. The maximum atomic E-state index is 12.9. The van der Waals surface area contributed by atoms with E-state index in [9.17, 15) is 9.59 Å². The smallest absolute Gasteiger partial charge is 0.264 e. The average molecular weight is 395 g/mol. The number of hydrogen-bond donors (Lipinski definition) is 1. The molecule has 0 saturated heterocycles. The summed E-state index contributed by atoms with van der Waals surface area (Å²) in [5.41, 5.74) is 1.66. The van der Waals surface area contributed by atoms with Crippen molar-refractivity contribution in [1.29, 1.82) is 0 Å². The van der Waals surface area contributed by atoms with E-state index < -0.39 is 0 Å². The molecule has 5 aromatic rings. The summed E-state index contributed by atoms with van der Waals surface area (Å²) in [5.74, 6) is -0.301. The summed E-state index contributed by atoms with van der Waals surface area (Å²) < 4.78 is 2.90. The molecule has 0 atom stereocenters. The van der Waals surface area contributed by atoms with Crippen LogP contribution < -0.4 is 10.9 Å². The van der Waals surface area contributed by atoms with Crippen molar-refractivity contribution < 1.29 is 4.79 Å². The molecular formula is C23H17N5O2. The normalized spacial score (nSPS) is 11.1. The van der Waals surface area contributed by atoms with Gasteiger partial charge in [-0.25, -0.2) is 9.67 Å². The van der Waals surface area contributed by atoms with E-state index in [1.807, 2.05) is 72.8 Å². The Morgan fingerprint density at radius 2 is 1.67 bits per heavy atom. The number of anilines is 1. The molecule has 1 amide bonds. The number of rotatable bonds is 4. The van der Waals surface area contributed by atoms with Gasteiger partial charge in [0.2, 0.25) is 5.91 Å². The van der Waals surface area contributed by atoms with Crippen LogP contribution in [-0.4, -0.2) is 25.2 Å². The predicted molar refractivity (Wildman–Crippen MR) is 116 cm³/mol. The summed E-state index contributed by atoms with van der Waals surface area (Å²) >= 11 is 0. The first-order valence-electron chi connectivity index (χ1n) is 9.47. The molecule has 0 aliphatic heterocycles. The van der Waals surface area contributed by atoms with Crippen molar-refractivity contribution in [3.63, 3.8) is 0 Å². The van der Waals surface area contributed by atoms with Crippen LogP contribution in [0.15, 0.2) is 90.1 Å². The zero-order valence-electron chi connectivity index (χ0n) is 15.9. The zero-order chi connectivity index (χ0) is 20.5. The number of benzene rings is 3. The van der Waals surface area contributed by atoms with Crippen LogP contribution in [0.1, 0.15) is 0 Å². The van der Waals surface area contributed by atoms with E-state index in [4.69, 9.17) is 0 Å². The van der Waals surface area contributed by atoms with E-state index >= 15 is 0 Å². The SMILES string of the molecule is O=C(Cn1cnc2c(cnn2-c2ccccc2)c1=O)Nc1cccc2ccccc12. The van der Waals surface area contributed by atoms with Crippen molar-refractivity contribution in [3.05, 3.63) is 95.7 Å². The topological polar surface area (TPSA) is 81.8 Å². The molecule has 1 N–H and O–H groups in total. The maximum Gasteiger partial charge on any atom is 0.264 e. The summed E-state index contributed by atoms with van der Waals surface area (Å²) in [7, 11) is 0. The Bertz CT molecular complexity index is 1430. The minimum Gasteiger partial charge on any atom is -0.324 e. The Labute approximate surface area is 171 Å². The lowest BCUT2D eigenvalue weighted by atomic mass is 10.1. The molecule has 146 valence electrons. The summed E-state index contributed by atoms with van der Waals surface area (Å²) in [4.78, 5) is 29.9. The monoisotopic (exact) mass is 395 g/mol. The van der Waals surface area contributed by atoms with Crippen molar-refractivity contribution in [3.8, 4) is 5.69 Å². The van der Waals surface area contributed by atoms with Gasteiger partial charge in [-0.3, -0.25) is 14.2 Å². The molecule has 3 aromatic carbocycles. The van der Waals surface area contributed by atoms with Crippen LogP contribution in [0, 0.1) is 0 Å². The first-order valence-corrected chi connectivity index (χ1v) is 9.47. The molecule has 0 unspecified atom stereocenters. The van der Waals surface area contributed by atoms with Crippen LogP contribution >= 0.6 is 0 Å². The number of hydrogen-bond acceptors (Lipinski definition) is 4. The van der Waals surface area contributed by atoms with E-state index in [0.29, 0.717) is 16.7 Å². The highest BCUT2D eigenvalue weighted by Crippen LogP contribution is 2.23. The summed E-state index contributed by atoms with van der Waals surface area (Å²) in [6.07, 6.45) is 2.87. The lowest BCUT2D eigenvalue weighted by Gasteiger charge is -2.10. The van der Waals surface area contributed by atoms with Crippen molar-refractivity contribution >= 4 is 33.4 Å². The third-order valence-corrected chi connectivity index (χ3v) is 4.93. The molecule has 0 fully saturated rings. The molecule has 0 radical (unpaired) electrons. The van der Waals surface area contributed by atoms with Gasteiger partial charge in [-0.15, -0.1) is 0 Å². The summed E-state index contributed by atoms with van der Waals surface area (Å²) in [5, 5.41) is 9.52. The van der Waals surface area contributed by atoms with Gasteiger partial charge in [0.15, 0.2) is 5.65 Å². The van der Waals surface area contributed by atoms with Crippen LogP contribution in [0.5, 0.6) is 0 Å². The highest BCUT2D eigenvalue weighted by Gasteiger charge is 2.13. The Morgan fingerprint density at radius 3 is 2.53 bits per heavy atom. The van der Waals surface area contributed by atoms with Crippen LogP contribution in [-0.2, 0) is 11.3 Å². The quantitative estimate of drug-likeness (QED) is 0.506. The number of amides is 1. The van der Waals surface area contributed by atoms with Gasteiger partial charge in [-0.2, -0.15) is 5.10 Å². The van der Waals surface area contributed by atoms with Crippen molar-refractivity contribution in [2.24, 2.45) is 0 Å². The van der Waals surface area contributed by atoms with E-state index in [2.05, 4.69) is 15.4 Å². The fourth-order valence-electron chi connectivity index (χ4n) is 3.50. The average Bonchev–Trinajstić information content (AvgIpc) is 3.21. The summed E-state index contributed by atoms with van der Waals surface area (Å²) in [6.45, 7) is -0.137. The molecule has 2 heterocycles. The molecule has 7 heteroatoms. The Kier molecular flexibility index (Phi) is 4.33. The molecule has 0 aliphatic rings. The number of fused-ring (bicyclic) bond motifs is 2. The van der Waals surface area contributed by atoms with Gasteiger partial charge in [0.05, 0.1) is 11.9 Å². The molecule has 0 aliphatic carbocycles. The van der Waals surface area contributed by atoms with Gasteiger partial charge in [0.1, 0.15) is 18.3 Å². The van der Waals surface area contributed by atoms with Gasteiger partial charge in [-0.05, 0) is 23.6 Å². The fourth-order valence-corrected chi connectivity index (χ4v) is 3.50. The van der Waals surface area contributed by atoms with E-state index in [1.54, 1.807) is 4.68 Å². The highest BCUT2D eigenvalue weighted by atomic mass is 16.2. The van der Waals surface area contributed by atoms with Crippen molar-refractivity contribution in [1.82, 2.24) is 19.3 Å². The third kappa shape index (κ3) is 3.12. The van der Waals surface area contributed by atoms with Crippen LogP contribution in [0.3, 0.4) is 0 Å². The minimum atomic E-state index is -0.310. The van der Waals surface area contributed by atoms with Gasteiger partial charge < -0.3 is 5.32 Å².